The number of alkyl carbamates (subject to hydrolysis) is 1. The second-order valence-electron chi connectivity index (χ2n) is 8.99. The Bertz CT molecular complexity index is 540. The third-order valence-corrected chi connectivity index (χ3v) is 5.78. The Morgan fingerprint density at radius 2 is 2.00 bits per heavy atom. The Hall–Kier alpha value is -1.30. The largest absolute Gasteiger partial charge is 0.444 e. The second-order valence-corrected chi connectivity index (χ2v) is 8.99. The second kappa shape index (κ2) is 4.62. The zero-order valence-corrected chi connectivity index (χ0v) is 14.1. The number of nitrogens with zero attached hydrogens (tertiary/aromatic N) is 1. The third kappa shape index (κ3) is 2.51. The predicted molar refractivity (Wildman–Crippen MR) is 84.0 cm³/mol. The van der Waals surface area contributed by atoms with Crippen molar-refractivity contribution >= 4 is 11.8 Å². The summed E-state index contributed by atoms with van der Waals surface area (Å²) in [5.41, 5.74) is 0.758. The molecule has 2 N–H and O–H groups in total. The van der Waals surface area contributed by atoms with Crippen LogP contribution in [0.3, 0.4) is 0 Å². The normalized spacial score (nSPS) is 44.2. The first kappa shape index (κ1) is 15.2. The van der Waals surface area contributed by atoms with E-state index in [1.165, 1.54) is 0 Å². The van der Waals surface area contributed by atoms with Gasteiger partial charge < -0.3 is 20.0 Å². The maximum atomic E-state index is 11.9. The molecule has 5 rings (SSSR count). The Balaban J connectivity index is 1.26. The van der Waals surface area contributed by atoms with Crippen molar-refractivity contribution in [2.24, 2.45) is 16.5 Å². The number of carbonyl (C=O) groups is 1. The summed E-state index contributed by atoms with van der Waals surface area (Å²) >= 11 is 0. The number of nitrogens with one attached hydrogen (secondary N) is 1. The third-order valence-electron chi connectivity index (χ3n) is 5.78. The molecule has 0 aromatic rings. The number of carbonyl (C=O) groups excluding carboxylic acids is 1. The van der Waals surface area contributed by atoms with Gasteiger partial charge in [0, 0.05) is 23.3 Å². The van der Waals surface area contributed by atoms with Crippen LogP contribution in [-0.4, -0.2) is 40.3 Å². The quantitative estimate of drug-likeness (QED) is 0.836. The minimum absolute atomic E-state index is 0.0877. The van der Waals surface area contributed by atoms with Crippen LogP contribution in [0.15, 0.2) is 5.16 Å². The fourth-order valence-corrected chi connectivity index (χ4v) is 4.64. The fourth-order valence-electron chi connectivity index (χ4n) is 4.64. The molecule has 0 saturated heterocycles. The van der Waals surface area contributed by atoms with E-state index in [-0.39, 0.29) is 29.3 Å². The highest BCUT2D eigenvalue weighted by Crippen LogP contribution is 2.69. The molecule has 1 atom stereocenters. The van der Waals surface area contributed by atoms with Crippen LogP contribution in [-0.2, 0) is 9.57 Å². The summed E-state index contributed by atoms with van der Waals surface area (Å²) in [6, 6.07) is 0. The zero-order chi connectivity index (χ0) is 16.5. The molecule has 4 saturated carbocycles. The topological polar surface area (TPSA) is 80.2 Å². The molecule has 5 aliphatic rings. The molecular weight excluding hydrogens is 296 g/mol. The summed E-state index contributed by atoms with van der Waals surface area (Å²) in [6.07, 6.45) is 5.08. The van der Waals surface area contributed by atoms with Crippen molar-refractivity contribution in [3.8, 4) is 0 Å². The van der Waals surface area contributed by atoms with Crippen LogP contribution in [0.25, 0.3) is 0 Å². The fraction of sp³-hybridized carbons (Fsp3) is 0.882. The number of aliphatic hydroxyl groups is 1. The van der Waals surface area contributed by atoms with Gasteiger partial charge in [0.2, 0.25) is 0 Å². The molecule has 4 fully saturated rings. The van der Waals surface area contributed by atoms with Crippen LogP contribution in [0, 0.1) is 11.3 Å². The van der Waals surface area contributed by atoms with Gasteiger partial charge in [-0.25, -0.2) is 4.79 Å². The summed E-state index contributed by atoms with van der Waals surface area (Å²) in [6.45, 7) is 5.62. The molecule has 0 aromatic carbocycles. The molecule has 1 heterocycles. The summed E-state index contributed by atoms with van der Waals surface area (Å²) in [5.74, 6) is 0.451. The van der Waals surface area contributed by atoms with Crippen LogP contribution < -0.4 is 5.32 Å². The zero-order valence-electron chi connectivity index (χ0n) is 14.1. The van der Waals surface area contributed by atoms with Gasteiger partial charge in [0.25, 0.3) is 0 Å². The highest BCUT2D eigenvalue weighted by atomic mass is 16.6. The SMILES string of the molecule is CC(C)(C)OC(=O)NC12CC(C3=NOC([C@H]4C[C@@H](O)C4)C3)(C1)C2. The van der Waals surface area contributed by atoms with Crippen molar-refractivity contribution in [2.75, 3.05) is 0 Å². The standard InChI is InChI=1S/C17H26N2O4/c1-15(2,3)22-14(21)18-17-7-16(8-17,9-17)13-6-12(23-19-13)10-4-11(20)5-10/h10-12,20H,4-9H2,1-3H3,(H,18,21)/t10-,11+,12?,16?,17?. The first-order valence-electron chi connectivity index (χ1n) is 8.61. The van der Waals surface area contributed by atoms with E-state index in [9.17, 15) is 9.90 Å². The lowest BCUT2D eigenvalue weighted by Gasteiger charge is -2.70. The van der Waals surface area contributed by atoms with Gasteiger partial charge in [0.15, 0.2) is 0 Å². The highest BCUT2D eigenvalue weighted by molar-refractivity contribution is 5.95. The van der Waals surface area contributed by atoms with Crippen LogP contribution in [0.5, 0.6) is 0 Å². The van der Waals surface area contributed by atoms with Crippen molar-refractivity contribution in [2.45, 2.75) is 82.6 Å². The van der Waals surface area contributed by atoms with E-state index in [1.807, 2.05) is 20.8 Å². The molecule has 4 aliphatic carbocycles. The highest BCUT2D eigenvalue weighted by Gasteiger charge is 2.71. The number of hydrogen-bond donors (Lipinski definition) is 2. The number of amides is 1. The summed E-state index contributed by atoms with van der Waals surface area (Å²) in [5, 5.41) is 16.8. The van der Waals surface area contributed by atoms with Crippen LogP contribution in [0.1, 0.15) is 59.3 Å². The number of rotatable bonds is 3. The molecule has 6 nitrogen and oxygen atoms in total. The number of oxime groups is 1. The van der Waals surface area contributed by atoms with Crippen molar-refractivity contribution < 1.29 is 19.5 Å². The van der Waals surface area contributed by atoms with Gasteiger partial charge in [0.05, 0.1) is 11.8 Å². The molecule has 128 valence electrons. The molecule has 6 heteroatoms. The minimum Gasteiger partial charge on any atom is -0.444 e. The van der Waals surface area contributed by atoms with E-state index in [0.29, 0.717) is 5.92 Å². The Morgan fingerprint density at radius 1 is 1.35 bits per heavy atom. The lowest BCUT2D eigenvalue weighted by molar-refractivity contribution is -0.100. The molecule has 0 spiro atoms. The van der Waals surface area contributed by atoms with E-state index in [2.05, 4.69) is 10.5 Å². The Labute approximate surface area is 136 Å². The number of hydrogen-bond acceptors (Lipinski definition) is 5. The van der Waals surface area contributed by atoms with Gasteiger partial charge in [-0.3, -0.25) is 0 Å². The number of aliphatic hydroxyl groups excluding tert-OH is 1. The average molecular weight is 322 g/mol. The summed E-state index contributed by atoms with van der Waals surface area (Å²) in [7, 11) is 0. The van der Waals surface area contributed by atoms with E-state index in [1.54, 1.807) is 0 Å². The van der Waals surface area contributed by atoms with E-state index in [4.69, 9.17) is 9.57 Å². The van der Waals surface area contributed by atoms with Crippen molar-refractivity contribution in [1.29, 1.82) is 0 Å². The van der Waals surface area contributed by atoms with Gasteiger partial charge in [-0.15, -0.1) is 0 Å². The van der Waals surface area contributed by atoms with Crippen LogP contribution >= 0.6 is 0 Å². The number of ether oxygens (including phenoxy) is 1. The molecule has 0 aromatic heterocycles. The van der Waals surface area contributed by atoms with Crippen molar-refractivity contribution in [3.63, 3.8) is 0 Å². The molecule has 2 bridgehead atoms. The van der Waals surface area contributed by atoms with E-state index in [0.717, 1.165) is 44.2 Å². The van der Waals surface area contributed by atoms with E-state index < -0.39 is 5.60 Å². The smallest absolute Gasteiger partial charge is 0.408 e. The average Bonchev–Trinajstić information content (AvgIpc) is 2.74. The van der Waals surface area contributed by atoms with Crippen molar-refractivity contribution in [1.82, 2.24) is 5.32 Å². The first-order chi connectivity index (χ1) is 10.7. The minimum atomic E-state index is -0.463. The van der Waals surface area contributed by atoms with Gasteiger partial charge in [-0.05, 0) is 52.9 Å². The molecule has 23 heavy (non-hydrogen) atoms. The molecule has 1 amide bonds. The van der Waals surface area contributed by atoms with Gasteiger partial charge in [0.1, 0.15) is 11.7 Å². The first-order valence-corrected chi connectivity index (χ1v) is 8.61. The summed E-state index contributed by atoms with van der Waals surface area (Å²) < 4.78 is 5.34. The monoisotopic (exact) mass is 322 g/mol. The molecule has 0 radical (unpaired) electrons. The van der Waals surface area contributed by atoms with Crippen molar-refractivity contribution in [3.05, 3.63) is 0 Å². The lowest BCUT2D eigenvalue weighted by Crippen LogP contribution is -2.77. The van der Waals surface area contributed by atoms with Gasteiger partial charge >= 0.3 is 6.09 Å². The van der Waals surface area contributed by atoms with E-state index >= 15 is 0 Å². The maximum absolute atomic E-state index is 11.9. The Morgan fingerprint density at radius 3 is 2.57 bits per heavy atom. The summed E-state index contributed by atoms with van der Waals surface area (Å²) in [4.78, 5) is 17.5. The van der Waals surface area contributed by atoms with Gasteiger partial charge in [-0.2, -0.15) is 0 Å². The molecular formula is C17H26N2O4. The predicted octanol–water partition coefficient (Wildman–Crippen LogP) is 2.35. The van der Waals surface area contributed by atoms with Gasteiger partial charge in [-0.1, -0.05) is 5.16 Å². The van der Waals surface area contributed by atoms with Crippen LogP contribution in [0.2, 0.25) is 0 Å². The Kier molecular flexibility index (Phi) is 3.06. The maximum Gasteiger partial charge on any atom is 0.408 e. The molecule has 1 unspecified atom stereocenters. The van der Waals surface area contributed by atoms with Crippen LogP contribution in [0.4, 0.5) is 4.79 Å². The molecule has 1 aliphatic heterocycles. The lowest BCUT2D eigenvalue weighted by atomic mass is 9.37.